The highest BCUT2D eigenvalue weighted by molar-refractivity contribution is 5.66. The molecule has 1 aromatic heterocycles. The van der Waals surface area contributed by atoms with Gasteiger partial charge in [-0.25, -0.2) is 13.8 Å². The molecule has 8 heteroatoms. The summed E-state index contributed by atoms with van der Waals surface area (Å²) in [5, 5.41) is 10.4. The van der Waals surface area contributed by atoms with Gasteiger partial charge >= 0.3 is 5.69 Å². The largest absolute Gasteiger partial charge is 0.397 e. The lowest BCUT2D eigenvalue weighted by atomic mass is 10.2. The van der Waals surface area contributed by atoms with Crippen LogP contribution >= 0.6 is 0 Å². The van der Waals surface area contributed by atoms with E-state index in [4.69, 9.17) is 11.5 Å². The molecular formula is C6H6F2N4O2. The van der Waals surface area contributed by atoms with Gasteiger partial charge in [0.15, 0.2) is 0 Å². The van der Waals surface area contributed by atoms with Crippen molar-refractivity contribution in [3.8, 4) is 0 Å². The number of hydrogen-bond acceptors (Lipinski definition) is 5. The van der Waals surface area contributed by atoms with Gasteiger partial charge in [-0.1, -0.05) is 0 Å². The summed E-state index contributed by atoms with van der Waals surface area (Å²) in [6, 6.07) is 0. The molecule has 1 aromatic rings. The first kappa shape index (κ1) is 10.1. The lowest BCUT2D eigenvalue weighted by Crippen LogP contribution is -2.06. The smallest absolute Gasteiger partial charge is 0.322 e. The first-order valence-corrected chi connectivity index (χ1v) is 3.41. The molecule has 0 saturated carbocycles. The van der Waals surface area contributed by atoms with Crippen LogP contribution in [0.2, 0.25) is 0 Å². The van der Waals surface area contributed by atoms with Crippen molar-refractivity contribution in [3.63, 3.8) is 0 Å². The van der Waals surface area contributed by atoms with E-state index in [2.05, 4.69) is 4.98 Å². The van der Waals surface area contributed by atoms with Gasteiger partial charge in [0, 0.05) is 0 Å². The normalized spacial score (nSPS) is 10.5. The Kier molecular flexibility index (Phi) is 2.45. The van der Waals surface area contributed by atoms with Crippen molar-refractivity contribution in [1.29, 1.82) is 0 Å². The molecule has 0 unspecified atom stereocenters. The minimum absolute atomic E-state index is 0.444. The first-order chi connectivity index (χ1) is 6.45. The number of halogens is 2. The number of pyridine rings is 1. The van der Waals surface area contributed by atoms with E-state index in [1.165, 1.54) is 0 Å². The maximum absolute atomic E-state index is 12.4. The van der Waals surface area contributed by atoms with Gasteiger partial charge in [-0.2, -0.15) is 0 Å². The molecule has 0 saturated heterocycles. The highest BCUT2D eigenvalue weighted by atomic mass is 19.3. The number of anilines is 2. The Bertz CT molecular complexity index is 382. The van der Waals surface area contributed by atoms with Crippen molar-refractivity contribution in [3.05, 3.63) is 21.9 Å². The predicted octanol–water partition coefficient (Wildman–Crippen LogP) is 1.09. The van der Waals surface area contributed by atoms with Gasteiger partial charge < -0.3 is 11.5 Å². The second-order valence-corrected chi connectivity index (χ2v) is 2.42. The van der Waals surface area contributed by atoms with E-state index in [0.29, 0.717) is 0 Å². The van der Waals surface area contributed by atoms with Gasteiger partial charge in [0.2, 0.25) is 5.82 Å². The molecule has 0 aromatic carbocycles. The first-order valence-electron chi connectivity index (χ1n) is 3.41. The minimum Gasteiger partial charge on any atom is -0.397 e. The Morgan fingerprint density at radius 3 is 2.43 bits per heavy atom. The van der Waals surface area contributed by atoms with Crippen LogP contribution in [-0.2, 0) is 0 Å². The fraction of sp³-hybridized carbons (Fsp3) is 0.167. The van der Waals surface area contributed by atoms with E-state index in [0.717, 1.165) is 6.20 Å². The molecule has 0 amide bonds. The van der Waals surface area contributed by atoms with Crippen LogP contribution in [0.1, 0.15) is 12.0 Å². The zero-order valence-electron chi connectivity index (χ0n) is 6.78. The van der Waals surface area contributed by atoms with Crippen LogP contribution in [0.25, 0.3) is 0 Å². The Balaban J connectivity index is 3.50. The number of alkyl halides is 2. The van der Waals surface area contributed by atoms with Gasteiger partial charge in [0.05, 0.1) is 16.8 Å². The van der Waals surface area contributed by atoms with E-state index in [1.807, 2.05) is 0 Å². The minimum atomic E-state index is -3.05. The third-order valence-electron chi connectivity index (χ3n) is 1.55. The van der Waals surface area contributed by atoms with Crippen LogP contribution in [0.5, 0.6) is 0 Å². The summed E-state index contributed by atoms with van der Waals surface area (Å²) in [4.78, 5) is 12.7. The standard InChI is InChI=1S/C6H6F2N4O2/c7-5(8)3-2(9)1-11-6(10)4(3)12(13)14/h1,5H,9H2,(H2,10,11). The van der Waals surface area contributed by atoms with Crippen LogP contribution in [0.15, 0.2) is 6.20 Å². The summed E-state index contributed by atoms with van der Waals surface area (Å²) in [7, 11) is 0. The molecule has 4 N–H and O–H groups in total. The van der Waals surface area contributed by atoms with Gasteiger partial charge in [-0.15, -0.1) is 0 Å². The van der Waals surface area contributed by atoms with Crippen molar-refractivity contribution < 1.29 is 13.7 Å². The molecular weight excluding hydrogens is 198 g/mol. The lowest BCUT2D eigenvalue weighted by Gasteiger charge is -2.05. The molecule has 0 aliphatic rings. The Labute approximate surface area is 76.7 Å². The predicted molar refractivity (Wildman–Crippen MR) is 44.7 cm³/mol. The average Bonchev–Trinajstić information content (AvgIpc) is 2.07. The molecule has 0 radical (unpaired) electrons. The van der Waals surface area contributed by atoms with Crippen LogP contribution in [-0.4, -0.2) is 9.91 Å². The lowest BCUT2D eigenvalue weighted by molar-refractivity contribution is -0.385. The third kappa shape index (κ3) is 1.53. The number of hydrogen-bond donors (Lipinski definition) is 2. The van der Waals surface area contributed by atoms with Crippen molar-refractivity contribution in [1.82, 2.24) is 4.98 Å². The van der Waals surface area contributed by atoms with E-state index in [-0.39, 0.29) is 0 Å². The summed E-state index contributed by atoms with van der Waals surface area (Å²) in [6.07, 6.45) is -2.19. The number of rotatable bonds is 2. The number of nitro groups is 1. The Morgan fingerprint density at radius 1 is 1.50 bits per heavy atom. The number of nitrogens with two attached hydrogens (primary N) is 2. The molecule has 14 heavy (non-hydrogen) atoms. The van der Waals surface area contributed by atoms with Crippen molar-refractivity contribution in [2.75, 3.05) is 11.5 Å². The topological polar surface area (TPSA) is 108 Å². The summed E-state index contributed by atoms with van der Waals surface area (Å²) < 4.78 is 24.7. The third-order valence-corrected chi connectivity index (χ3v) is 1.55. The van der Waals surface area contributed by atoms with Gasteiger partial charge in [0.1, 0.15) is 5.56 Å². The maximum atomic E-state index is 12.4. The van der Waals surface area contributed by atoms with Crippen LogP contribution < -0.4 is 11.5 Å². The zero-order valence-corrected chi connectivity index (χ0v) is 6.78. The highest BCUT2D eigenvalue weighted by Crippen LogP contribution is 2.36. The zero-order chi connectivity index (χ0) is 10.9. The summed E-state index contributed by atoms with van der Waals surface area (Å²) >= 11 is 0. The molecule has 6 nitrogen and oxygen atoms in total. The van der Waals surface area contributed by atoms with Crippen LogP contribution in [0.3, 0.4) is 0 Å². The Morgan fingerprint density at radius 2 is 2.07 bits per heavy atom. The molecule has 0 fully saturated rings. The fourth-order valence-electron chi connectivity index (χ4n) is 0.966. The second-order valence-electron chi connectivity index (χ2n) is 2.42. The van der Waals surface area contributed by atoms with E-state index < -0.39 is 34.1 Å². The SMILES string of the molecule is Nc1cnc(N)c([N+](=O)[O-])c1C(F)F. The highest BCUT2D eigenvalue weighted by Gasteiger charge is 2.28. The number of aromatic nitrogens is 1. The van der Waals surface area contributed by atoms with Crippen molar-refractivity contribution in [2.45, 2.75) is 6.43 Å². The van der Waals surface area contributed by atoms with E-state index in [1.54, 1.807) is 0 Å². The molecule has 1 heterocycles. The molecule has 1 rings (SSSR count). The maximum Gasteiger partial charge on any atom is 0.322 e. The van der Waals surface area contributed by atoms with E-state index >= 15 is 0 Å². The van der Waals surface area contributed by atoms with Gasteiger partial charge in [0.25, 0.3) is 6.43 Å². The van der Waals surface area contributed by atoms with Crippen LogP contribution in [0, 0.1) is 10.1 Å². The van der Waals surface area contributed by atoms with Crippen molar-refractivity contribution in [2.24, 2.45) is 0 Å². The Hall–Kier alpha value is -1.99. The molecule has 76 valence electrons. The summed E-state index contributed by atoms with van der Waals surface area (Å²) in [5.74, 6) is -0.570. The van der Waals surface area contributed by atoms with Gasteiger partial charge in [-0.05, 0) is 0 Å². The quantitative estimate of drug-likeness (QED) is 0.553. The molecule has 0 atom stereocenters. The molecule has 0 aliphatic heterocycles. The monoisotopic (exact) mass is 204 g/mol. The number of nitrogen functional groups attached to an aromatic ring is 2. The molecule has 0 bridgehead atoms. The molecule has 0 spiro atoms. The second kappa shape index (κ2) is 3.40. The number of nitrogens with zero attached hydrogens (tertiary/aromatic N) is 2. The average molecular weight is 204 g/mol. The van der Waals surface area contributed by atoms with Gasteiger partial charge in [-0.3, -0.25) is 10.1 Å². The summed E-state index contributed by atoms with van der Waals surface area (Å²) in [6.45, 7) is 0. The summed E-state index contributed by atoms with van der Waals surface area (Å²) in [5.41, 5.74) is 7.95. The fourth-order valence-corrected chi connectivity index (χ4v) is 0.966. The van der Waals surface area contributed by atoms with Crippen molar-refractivity contribution >= 4 is 17.2 Å². The van der Waals surface area contributed by atoms with E-state index in [9.17, 15) is 18.9 Å². The molecule has 0 aliphatic carbocycles. The van der Waals surface area contributed by atoms with Crippen LogP contribution in [0.4, 0.5) is 26.0 Å².